The normalized spacial score (nSPS) is 24.5. The van der Waals surface area contributed by atoms with E-state index in [0.29, 0.717) is 17.6 Å². The minimum absolute atomic E-state index is 0.294. The van der Waals surface area contributed by atoms with Gasteiger partial charge in [-0.2, -0.15) is 0 Å². The van der Waals surface area contributed by atoms with Crippen molar-refractivity contribution in [3.63, 3.8) is 0 Å². The van der Waals surface area contributed by atoms with Crippen LogP contribution in [0.3, 0.4) is 0 Å². The van der Waals surface area contributed by atoms with Gasteiger partial charge < -0.3 is 14.0 Å². The van der Waals surface area contributed by atoms with Crippen molar-refractivity contribution in [3.05, 3.63) is 12.4 Å². The van der Waals surface area contributed by atoms with Crippen molar-refractivity contribution in [2.45, 2.75) is 70.7 Å². The molecule has 2 aliphatic rings. The Morgan fingerprint density at radius 3 is 2.19 bits per heavy atom. The van der Waals surface area contributed by atoms with E-state index in [9.17, 15) is 0 Å². The molecule has 0 N–H and O–H groups in total. The molecule has 0 aromatic carbocycles. The van der Waals surface area contributed by atoms with Gasteiger partial charge in [-0.1, -0.05) is 0 Å². The van der Waals surface area contributed by atoms with Crippen LogP contribution in [0.5, 0.6) is 5.88 Å². The van der Waals surface area contributed by atoms with Gasteiger partial charge >= 0.3 is 7.12 Å². The molecule has 1 aromatic heterocycles. The van der Waals surface area contributed by atoms with Gasteiger partial charge in [-0.25, -0.2) is 4.98 Å². The van der Waals surface area contributed by atoms with Crippen LogP contribution in [0.1, 0.15) is 53.4 Å². The van der Waals surface area contributed by atoms with Gasteiger partial charge in [0, 0.05) is 6.20 Å². The molecule has 1 aromatic rings. The number of hydrogen-bond donors (Lipinski definition) is 0. The lowest BCUT2D eigenvalue weighted by molar-refractivity contribution is 0.00578. The molecule has 5 nitrogen and oxygen atoms in total. The monoisotopic (exact) mass is 290 g/mol. The van der Waals surface area contributed by atoms with Crippen LogP contribution in [0.4, 0.5) is 0 Å². The van der Waals surface area contributed by atoms with Crippen molar-refractivity contribution >= 4 is 12.7 Å². The molecule has 6 heteroatoms. The summed E-state index contributed by atoms with van der Waals surface area (Å²) in [6.07, 6.45) is 8.35. The molecule has 114 valence electrons. The molecule has 1 saturated carbocycles. The Kier molecular flexibility index (Phi) is 3.70. The average molecular weight is 290 g/mol. The Morgan fingerprint density at radius 2 is 1.67 bits per heavy atom. The first-order valence-electron chi connectivity index (χ1n) is 7.72. The van der Waals surface area contributed by atoms with Gasteiger partial charge in [-0.15, -0.1) is 0 Å². The van der Waals surface area contributed by atoms with Gasteiger partial charge in [-0.3, -0.25) is 4.98 Å². The van der Waals surface area contributed by atoms with Crippen molar-refractivity contribution in [2.75, 3.05) is 0 Å². The molecule has 0 bridgehead atoms. The third kappa shape index (κ3) is 2.92. The second kappa shape index (κ2) is 5.25. The third-order valence-corrected chi connectivity index (χ3v) is 4.73. The maximum atomic E-state index is 5.96. The maximum absolute atomic E-state index is 5.96. The van der Waals surface area contributed by atoms with Crippen molar-refractivity contribution in [3.8, 4) is 5.88 Å². The highest BCUT2D eigenvalue weighted by Gasteiger charge is 2.52. The number of rotatable bonds is 3. The predicted octanol–water partition coefficient (Wildman–Crippen LogP) is 2.10. The van der Waals surface area contributed by atoms with E-state index in [0.717, 1.165) is 12.8 Å². The van der Waals surface area contributed by atoms with E-state index in [-0.39, 0.29) is 11.2 Å². The molecule has 1 aliphatic carbocycles. The van der Waals surface area contributed by atoms with Crippen molar-refractivity contribution in [2.24, 2.45) is 0 Å². The number of nitrogens with zero attached hydrogens (tertiary/aromatic N) is 2. The highest BCUT2D eigenvalue weighted by Crippen LogP contribution is 2.36. The van der Waals surface area contributed by atoms with Crippen LogP contribution in [0, 0.1) is 0 Å². The lowest BCUT2D eigenvalue weighted by Gasteiger charge is -2.32. The van der Waals surface area contributed by atoms with E-state index in [1.165, 1.54) is 12.8 Å². The molecule has 21 heavy (non-hydrogen) atoms. The lowest BCUT2D eigenvalue weighted by Crippen LogP contribution is -2.41. The molecule has 1 saturated heterocycles. The molecule has 0 atom stereocenters. The minimum Gasteiger partial charge on any atom is -0.473 e. The highest BCUT2D eigenvalue weighted by atomic mass is 16.7. The fourth-order valence-electron chi connectivity index (χ4n) is 2.65. The quantitative estimate of drug-likeness (QED) is 0.798. The standard InChI is InChI=1S/C15H23BN2O3/c1-14(2)15(3,4)21-16(20-14)12-9-18-13(10-17-12)19-11-7-5-6-8-11/h9-11H,5-8H2,1-4H3. The van der Waals surface area contributed by atoms with Crippen molar-refractivity contribution < 1.29 is 14.0 Å². The molecule has 0 spiro atoms. The Morgan fingerprint density at radius 1 is 1.05 bits per heavy atom. The summed E-state index contributed by atoms with van der Waals surface area (Å²) >= 11 is 0. The fraction of sp³-hybridized carbons (Fsp3) is 0.733. The molecule has 2 heterocycles. The van der Waals surface area contributed by atoms with E-state index in [1.807, 2.05) is 27.7 Å². The van der Waals surface area contributed by atoms with Gasteiger partial charge in [0.15, 0.2) is 0 Å². The number of ether oxygens (including phenoxy) is 1. The van der Waals surface area contributed by atoms with Crippen molar-refractivity contribution in [1.29, 1.82) is 0 Å². The Bertz CT molecular complexity index is 482. The largest absolute Gasteiger partial charge is 0.516 e. The Hall–Kier alpha value is -1.14. The molecule has 0 radical (unpaired) electrons. The molecule has 0 unspecified atom stereocenters. The second-order valence-corrected chi connectivity index (χ2v) is 6.89. The second-order valence-electron chi connectivity index (χ2n) is 6.89. The van der Waals surface area contributed by atoms with Crippen LogP contribution in [-0.2, 0) is 9.31 Å². The minimum atomic E-state index is -0.469. The summed E-state index contributed by atoms with van der Waals surface area (Å²) in [5.74, 6) is 0.585. The Labute approximate surface area is 126 Å². The zero-order valence-corrected chi connectivity index (χ0v) is 13.3. The van der Waals surface area contributed by atoms with Crippen molar-refractivity contribution in [1.82, 2.24) is 9.97 Å². The topological polar surface area (TPSA) is 53.5 Å². The zero-order valence-electron chi connectivity index (χ0n) is 13.3. The van der Waals surface area contributed by atoms with E-state index in [4.69, 9.17) is 14.0 Å². The maximum Gasteiger partial charge on any atom is 0.516 e. The first-order valence-corrected chi connectivity index (χ1v) is 7.72. The Balaban J connectivity index is 1.67. The smallest absolute Gasteiger partial charge is 0.473 e. The molecule has 0 amide bonds. The van der Waals surface area contributed by atoms with Crippen LogP contribution in [0.25, 0.3) is 0 Å². The third-order valence-electron chi connectivity index (χ3n) is 4.73. The first kappa shape index (κ1) is 14.8. The first-order chi connectivity index (χ1) is 9.87. The van der Waals surface area contributed by atoms with Crippen LogP contribution < -0.4 is 10.3 Å². The molecular formula is C15H23BN2O3. The highest BCUT2D eigenvalue weighted by molar-refractivity contribution is 6.61. The summed E-state index contributed by atoms with van der Waals surface area (Å²) in [7, 11) is -0.469. The van der Waals surface area contributed by atoms with Gasteiger partial charge in [0.2, 0.25) is 5.88 Å². The van der Waals surface area contributed by atoms with Crippen LogP contribution >= 0.6 is 0 Å². The van der Waals surface area contributed by atoms with Crippen LogP contribution in [0.2, 0.25) is 0 Å². The van der Waals surface area contributed by atoms with Gasteiger partial charge in [0.1, 0.15) is 6.10 Å². The van der Waals surface area contributed by atoms with Gasteiger partial charge in [-0.05, 0) is 53.4 Å². The zero-order chi connectivity index (χ0) is 15.1. The van der Waals surface area contributed by atoms with Gasteiger partial charge in [0.25, 0.3) is 0 Å². The summed E-state index contributed by atoms with van der Waals surface area (Å²) < 4.78 is 17.7. The lowest BCUT2D eigenvalue weighted by atomic mass is 9.85. The predicted molar refractivity (Wildman–Crippen MR) is 80.6 cm³/mol. The number of aromatic nitrogens is 2. The van der Waals surface area contributed by atoms with E-state index < -0.39 is 7.12 Å². The summed E-state index contributed by atoms with van der Waals surface area (Å²) in [5, 5.41) is 0. The van der Waals surface area contributed by atoms with Crippen LogP contribution in [0.15, 0.2) is 12.4 Å². The molecular weight excluding hydrogens is 267 g/mol. The van der Waals surface area contributed by atoms with Crippen LogP contribution in [-0.4, -0.2) is 34.4 Å². The SMILES string of the molecule is CC1(C)OB(c2cnc(OC3CCCC3)cn2)OC1(C)C. The molecule has 3 rings (SSSR count). The summed E-state index contributed by atoms with van der Waals surface area (Å²) in [6.45, 7) is 8.10. The fourth-order valence-corrected chi connectivity index (χ4v) is 2.65. The van der Waals surface area contributed by atoms with E-state index in [2.05, 4.69) is 9.97 Å². The summed E-state index contributed by atoms with van der Waals surface area (Å²) in [6, 6.07) is 0. The van der Waals surface area contributed by atoms with E-state index in [1.54, 1.807) is 12.4 Å². The van der Waals surface area contributed by atoms with E-state index >= 15 is 0 Å². The summed E-state index contributed by atoms with van der Waals surface area (Å²) in [5.41, 5.74) is -0.0380. The number of hydrogen-bond acceptors (Lipinski definition) is 5. The molecule has 1 aliphatic heterocycles. The average Bonchev–Trinajstić information content (AvgIpc) is 2.97. The van der Waals surface area contributed by atoms with Gasteiger partial charge in [0.05, 0.1) is 23.0 Å². The molecule has 2 fully saturated rings. The summed E-state index contributed by atoms with van der Waals surface area (Å²) in [4.78, 5) is 8.73.